The minimum atomic E-state index is -5.19. The Balaban J connectivity index is 0.00000196. The number of hydrogen-bond acceptors (Lipinski definition) is 15. The number of ether oxygens (including phenoxy) is 2. The van der Waals surface area contributed by atoms with Crippen LogP contribution in [-0.2, 0) is 51.3 Å². The summed E-state index contributed by atoms with van der Waals surface area (Å²) < 4.78 is 139. The first-order chi connectivity index (χ1) is 38.8. The van der Waals surface area contributed by atoms with Gasteiger partial charge in [-0.15, -0.1) is 11.8 Å². The SMILES string of the molecule is O=C(CCCCC[NH2+]CCCC[NH2+]Cc1ccccc1)Nc1ccn([C@@H]2CS[C@H](COC(=O)CCCCC[NH2+]CCCC[NH2+]Cc3ccccc3)O2)c(=O)n1.O=C([O-])C(F)(F)F.O=C([O-])C(F)(F)F.O=C([O-])C(F)(F)F.O=C([O-])C(F)(F)F. The first kappa shape index (κ1) is 76.4. The highest BCUT2D eigenvalue weighted by molar-refractivity contribution is 8.00. The van der Waals surface area contributed by atoms with Crippen molar-refractivity contribution in [2.75, 3.05) is 56.9 Å². The molecule has 0 unspecified atom stereocenters. The van der Waals surface area contributed by atoms with Gasteiger partial charge in [0.25, 0.3) is 0 Å². The molecule has 33 heteroatoms. The standard InChI is InChI=1S/C42H63N7O5S.4C2HF3O2/c50-38(21-9-3-11-24-43-26-13-15-28-45-31-35-17-5-1-6-18-35)47-37-23-30-49(42(52)48-37)39-34-55-41(54-39)33-53-40(51)22-10-4-12-25-44-27-14-16-29-46-32-36-19-7-2-8-20-36;4*3-2(4,5)1(6)7/h1-2,5-8,17-20,23,30,39,41,43-46H,3-4,9-16,21-22,24-29,31-34H2,(H,47,48,50,52);4*(H,6,7)/t39-,41+;;;;/m0..../s1. The number of benzene rings is 2. The number of amides is 1. The van der Waals surface area contributed by atoms with E-state index in [-0.39, 0.29) is 29.7 Å². The van der Waals surface area contributed by atoms with Crippen molar-refractivity contribution in [2.24, 2.45) is 0 Å². The number of carboxylic acid groups (broad SMARTS) is 4. The van der Waals surface area contributed by atoms with Crippen LogP contribution in [0.25, 0.3) is 0 Å². The number of carboxylic acids is 4. The molecule has 20 nitrogen and oxygen atoms in total. The summed E-state index contributed by atoms with van der Waals surface area (Å²) in [5, 5.41) is 47.4. The van der Waals surface area contributed by atoms with Crippen LogP contribution in [0.3, 0.4) is 0 Å². The molecule has 1 aliphatic heterocycles. The number of esters is 1. The highest BCUT2D eigenvalue weighted by Gasteiger charge is 2.32. The van der Waals surface area contributed by atoms with Crippen molar-refractivity contribution in [1.29, 1.82) is 0 Å². The van der Waals surface area contributed by atoms with Crippen LogP contribution in [0.4, 0.5) is 58.5 Å². The number of carbonyl (C=O) groups excluding carboxylic acids is 6. The topological polar surface area (TPSA) is 326 Å². The Morgan fingerprint density at radius 2 is 0.916 bits per heavy atom. The van der Waals surface area contributed by atoms with E-state index in [1.54, 1.807) is 12.3 Å². The maximum absolute atomic E-state index is 12.7. The minimum Gasteiger partial charge on any atom is -0.542 e. The molecule has 1 aromatic heterocycles. The van der Waals surface area contributed by atoms with Gasteiger partial charge in [0, 0.05) is 61.6 Å². The van der Waals surface area contributed by atoms with Crippen LogP contribution in [0, 0.1) is 0 Å². The number of halogens is 12. The maximum Gasteiger partial charge on any atom is 0.430 e. The van der Waals surface area contributed by atoms with Gasteiger partial charge in [-0.25, -0.2) is 4.79 Å². The molecule has 4 rings (SSSR count). The summed E-state index contributed by atoms with van der Waals surface area (Å²) in [5.41, 5.74) is 1.93. The van der Waals surface area contributed by atoms with E-state index in [1.165, 1.54) is 53.1 Å². The number of quaternary nitrogens is 4. The first-order valence-corrected chi connectivity index (χ1v) is 26.7. The van der Waals surface area contributed by atoms with E-state index in [0.29, 0.717) is 18.6 Å². The summed E-state index contributed by atoms with van der Waals surface area (Å²) in [6.45, 7) is 9.04. The Hall–Kier alpha value is -6.55. The molecule has 1 aliphatic rings. The number of hydrogen-bond donors (Lipinski definition) is 5. The number of nitrogens with one attached hydrogen (secondary N) is 1. The maximum atomic E-state index is 12.7. The lowest BCUT2D eigenvalue weighted by molar-refractivity contribution is -0.675. The zero-order chi connectivity index (χ0) is 62.9. The van der Waals surface area contributed by atoms with Gasteiger partial charge in [-0.2, -0.15) is 57.7 Å². The van der Waals surface area contributed by atoms with E-state index in [9.17, 15) is 67.1 Å². The molecule has 0 aliphatic carbocycles. The lowest BCUT2D eigenvalue weighted by atomic mass is 10.2. The van der Waals surface area contributed by atoms with Gasteiger partial charge >= 0.3 is 36.4 Å². The van der Waals surface area contributed by atoms with E-state index < -0.39 is 60.5 Å². The number of carbonyl (C=O) groups is 6. The van der Waals surface area contributed by atoms with Crippen LogP contribution in [-0.4, -0.2) is 127 Å². The van der Waals surface area contributed by atoms with Gasteiger partial charge in [0.2, 0.25) is 5.91 Å². The van der Waals surface area contributed by atoms with E-state index in [1.807, 2.05) is 0 Å². The first-order valence-electron chi connectivity index (χ1n) is 25.6. The quantitative estimate of drug-likeness (QED) is 0.0299. The van der Waals surface area contributed by atoms with Crippen molar-refractivity contribution in [1.82, 2.24) is 9.55 Å². The van der Waals surface area contributed by atoms with Gasteiger partial charge in [0.15, 0.2) is 0 Å². The van der Waals surface area contributed by atoms with Gasteiger partial charge in [-0.05, 0) is 44.6 Å². The van der Waals surface area contributed by atoms with Crippen LogP contribution < -0.4 is 52.7 Å². The summed E-state index contributed by atoms with van der Waals surface area (Å²) in [5.74, 6) is -11.6. The number of unbranched alkanes of at least 4 members (excludes halogenated alkanes) is 6. The molecule has 0 bridgehead atoms. The third kappa shape index (κ3) is 42.0. The van der Waals surface area contributed by atoms with Gasteiger partial charge in [-0.3, -0.25) is 14.2 Å². The van der Waals surface area contributed by atoms with E-state index in [2.05, 4.69) is 92.2 Å². The van der Waals surface area contributed by atoms with Crippen LogP contribution in [0.15, 0.2) is 77.7 Å². The average molecular weight is 1230 g/mol. The molecular formula is C50H67F12N7O13S. The normalized spacial score (nSPS) is 13.9. The number of aliphatic carboxylic acids is 4. The molecule has 1 saturated heterocycles. The highest BCUT2D eigenvalue weighted by atomic mass is 32.2. The fraction of sp³-hybridized carbons (Fsp3) is 0.560. The highest BCUT2D eigenvalue weighted by Crippen LogP contribution is 2.31. The van der Waals surface area contributed by atoms with Gasteiger partial charge in [0.1, 0.15) is 61.1 Å². The minimum absolute atomic E-state index is 0.136. The molecule has 1 fully saturated rings. The molecule has 9 N–H and O–H groups in total. The monoisotopic (exact) mass is 1230 g/mol. The Bertz CT molecular complexity index is 2280. The van der Waals surface area contributed by atoms with Crippen LogP contribution >= 0.6 is 11.8 Å². The average Bonchev–Trinajstić information content (AvgIpc) is 4.16. The lowest BCUT2D eigenvalue weighted by Gasteiger charge is -2.15. The molecule has 3 aromatic rings. The number of nitrogens with zero attached hydrogens (tertiary/aromatic N) is 2. The summed E-state index contributed by atoms with van der Waals surface area (Å²) in [6, 6.07) is 22.8. The molecule has 2 heterocycles. The lowest BCUT2D eigenvalue weighted by Crippen LogP contribution is -2.85. The molecule has 83 heavy (non-hydrogen) atoms. The largest absolute Gasteiger partial charge is 0.542 e. The van der Waals surface area contributed by atoms with Crippen LogP contribution in [0.2, 0.25) is 0 Å². The fourth-order valence-corrected chi connectivity index (χ4v) is 7.50. The van der Waals surface area contributed by atoms with E-state index in [0.717, 1.165) is 90.9 Å². The second-order valence-electron chi connectivity index (χ2n) is 17.5. The third-order valence-electron chi connectivity index (χ3n) is 10.6. The predicted molar refractivity (Wildman–Crippen MR) is 261 cm³/mol. The van der Waals surface area contributed by atoms with Gasteiger partial charge < -0.3 is 75.7 Å². The Kier molecular flexibility index (Phi) is 38.9. The summed E-state index contributed by atoms with van der Waals surface area (Å²) >= 11 is 1.51. The number of nitrogens with two attached hydrogens (primary N) is 4. The van der Waals surface area contributed by atoms with Crippen molar-refractivity contribution >= 4 is 53.3 Å². The van der Waals surface area contributed by atoms with Crippen LogP contribution in [0.1, 0.15) is 94.4 Å². The van der Waals surface area contributed by atoms with Crippen molar-refractivity contribution in [3.8, 4) is 0 Å². The third-order valence-corrected chi connectivity index (χ3v) is 11.7. The second kappa shape index (κ2) is 42.3. The number of anilines is 1. The number of thioether (sulfide) groups is 1. The van der Waals surface area contributed by atoms with Gasteiger partial charge in [0.05, 0.1) is 39.3 Å². The zero-order valence-electron chi connectivity index (χ0n) is 44.6. The van der Waals surface area contributed by atoms with E-state index in [4.69, 9.17) is 49.1 Å². The molecule has 2 atom stereocenters. The van der Waals surface area contributed by atoms with Crippen molar-refractivity contribution < 1.29 is 133 Å². The van der Waals surface area contributed by atoms with Gasteiger partial charge in [-0.1, -0.05) is 60.7 Å². The predicted octanol–water partition coefficient (Wildman–Crippen LogP) is -1.16. The number of aromatic nitrogens is 2. The number of rotatable bonds is 30. The molecular weight excluding hydrogens is 1170 g/mol. The molecule has 0 spiro atoms. The van der Waals surface area contributed by atoms with Crippen molar-refractivity contribution in [3.05, 3.63) is 94.5 Å². The molecule has 1 amide bonds. The summed E-state index contributed by atoms with van der Waals surface area (Å²) in [7, 11) is 0. The summed E-state index contributed by atoms with van der Waals surface area (Å²) in [4.78, 5) is 76.7. The van der Waals surface area contributed by atoms with Crippen molar-refractivity contribution in [3.63, 3.8) is 0 Å². The molecule has 2 aromatic carbocycles. The zero-order valence-corrected chi connectivity index (χ0v) is 45.4. The Morgan fingerprint density at radius 1 is 0.554 bits per heavy atom. The van der Waals surface area contributed by atoms with E-state index >= 15 is 0 Å². The fourth-order valence-electron chi connectivity index (χ4n) is 6.51. The summed E-state index contributed by atoms with van der Waals surface area (Å²) in [6.07, 6.45) is -8.17. The molecule has 0 saturated carbocycles. The molecule has 470 valence electrons. The van der Waals surface area contributed by atoms with Crippen LogP contribution in [0.5, 0.6) is 0 Å². The Morgan fingerprint density at radius 3 is 1.29 bits per heavy atom. The smallest absolute Gasteiger partial charge is 0.430 e. The molecule has 0 radical (unpaired) electrons. The van der Waals surface area contributed by atoms with Crippen molar-refractivity contribution in [2.45, 2.75) is 127 Å². The second-order valence-corrected chi connectivity index (χ2v) is 18.7. The Labute approximate surface area is 472 Å². The number of alkyl halides is 12.